The Bertz CT molecular complexity index is 442. The van der Waals surface area contributed by atoms with Gasteiger partial charge in [0.15, 0.2) is 5.57 Å². The van der Waals surface area contributed by atoms with Crippen molar-refractivity contribution in [3.05, 3.63) is 10.6 Å². The summed E-state index contributed by atoms with van der Waals surface area (Å²) in [7, 11) is 0. The van der Waals surface area contributed by atoms with Crippen molar-refractivity contribution >= 4 is 23.6 Å². The van der Waals surface area contributed by atoms with Crippen LogP contribution in [0.3, 0.4) is 0 Å². The molecule has 1 saturated heterocycles. The molecule has 0 bridgehead atoms. The first kappa shape index (κ1) is 13.1. The van der Waals surface area contributed by atoms with Crippen LogP contribution in [0.5, 0.6) is 0 Å². The molecule has 1 amide bonds. The molecule has 0 aromatic rings. The molecule has 0 aromatic heterocycles. The molecule has 6 nitrogen and oxygen atoms in total. The third kappa shape index (κ3) is 2.99. The second-order valence-corrected chi connectivity index (χ2v) is 3.94. The fourth-order valence-electron chi connectivity index (χ4n) is 1.22. The molecule has 1 rings (SSSR count). The van der Waals surface area contributed by atoms with Crippen LogP contribution in [0.25, 0.3) is 0 Å². The fourth-order valence-corrected chi connectivity index (χ4v) is 2.20. The van der Waals surface area contributed by atoms with Crippen molar-refractivity contribution in [2.45, 2.75) is 6.92 Å². The molecule has 0 aromatic carbocycles. The number of carbonyl (C=O) groups excluding carboxylic acids is 2. The Morgan fingerprint density at radius 3 is 2.71 bits per heavy atom. The highest BCUT2D eigenvalue weighted by Crippen LogP contribution is 2.31. The van der Waals surface area contributed by atoms with Crippen LogP contribution in [0.15, 0.2) is 10.6 Å². The van der Waals surface area contributed by atoms with Gasteiger partial charge in [-0.15, -0.1) is 0 Å². The van der Waals surface area contributed by atoms with Gasteiger partial charge in [-0.3, -0.25) is 14.5 Å². The van der Waals surface area contributed by atoms with E-state index in [-0.39, 0.29) is 35.4 Å². The molecule has 0 unspecified atom stereocenters. The summed E-state index contributed by atoms with van der Waals surface area (Å²) < 4.78 is 4.72. The smallest absolute Gasteiger partial charge is 0.326 e. The number of amides is 1. The van der Waals surface area contributed by atoms with Crippen LogP contribution >= 0.6 is 11.8 Å². The van der Waals surface area contributed by atoms with Gasteiger partial charge < -0.3 is 4.74 Å². The second-order valence-electron chi connectivity index (χ2n) is 2.98. The number of allylic oxidation sites excluding steroid dienone is 1. The summed E-state index contributed by atoms with van der Waals surface area (Å²) in [6, 6.07) is 3.40. The molecule has 1 aliphatic heterocycles. The summed E-state index contributed by atoms with van der Waals surface area (Å²) in [6.45, 7) is 1.61. The highest BCUT2D eigenvalue weighted by atomic mass is 32.2. The van der Waals surface area contributed by atoms with Gasteiger partial charge >= 0.3 is 5.97 Å². The number of hydrogen-bond donors (Lipinski definition) is 0. The topological polar surface area (TPSA) is 94.2 Å². The van der Waals surface area contributed by atoms with Crippen LogP contribution < -0.4 is 0 Å². The van der Waals surface area contributed by atoms with Gasteiger partial charge in [-0.25, -0.2) is 0 Å². The van der Waals surface area contributed by atoms with Crippen molar-refractivity contribution in [2.75, 3.05) is 18.9 Å². The first-order valence-corrected chi connectivity index (χ1v) is 5.75. The van der Waals surface area contributed by atoms with Crippen molar-refractivity contribution in [2.24, 2.45) is 0 Å². The zero-order valence-corrected chi connectivity index (χ0v) is 9.91. The standard InChI is InChI=1S/C10H9N3O3S/c1-2-16-9(15)5-13-8(14)6-17-10(13)7(3-11)4-12/h2,5-6H2,1H3. The summed E-state index contributed by atoms with van der Waals surface area (Å²) in [4.78, 5) is 23.9. The second kappa shape index (κ2) is 5.92. The molecule has 1 heterocycles. The minimum Gasteiger partial charge on any atom is -0.465 e. The lowest BCUT2D eigenvalue weighted by molar-refractivity contribution is -0.146. The molecule has 0 spiro atoms. The van der Waals surface area contributed by atoms with E-state index in [1.165, 1.54) is 0 Å². The highest BCUT2D eigenvalue weighted by molar-refractivity contribution is 8.04. The van der Waals surface area contributed by atoms with Crippen LogP contribution in [0.1, 0.15) is 6.92 Å². The maximum absolute atomic E-state index is 11.5. The summed E-state index contributed by atoms with van der Waals surface area (Å²) in [6.07, 6.45) is 0. The molecule has 0 aliphatic carbocycles. The SMILES string of the molecule is CCOC(=O)CN1C(=O)CSC1=C(C#N)C#N. The maximum Gasteiger partial charge on any atom is 0.326 e. The van der Waals surface area contributed by atoms with E-state index in [4.69, 9.17) is 15.3 Å². The van der Waals surface area contributed by atoms with Crippen LogP contribution in [0.4, 0.5) is 0 Å². The lowest BCUT2D eigenvalue weighted by Crippen LogP contribution is -2.32. The van der Waals surface area contributed by atoms with Gasteiger partial charge in [0.1, 0.15) is 23.7 Å². The van der Waals surface area contributed by atoms with Gasteiger partial charge in [-0.2, -0.15) is 10.5 Å². The number of rotatable bonds is 3. The van der Waals surface area contributed by atoms with E-state index in [0.717, 1.165) is 16.7 Å². The first-order chi connectivity index (χ1) is 8.13. The highest BCUT2D eigenvalue weighted by Gasteiger charge is 2.31. The molecule has 1 aliphatic rings. The largest absolute Gasteiger partial charge is 0.465 e. The zero-order valence-electron chi connectivity index (χ0n) is 9.10. The van der Waals surface area contributed by atoms with Crippen LogP contribution in [0.2, 0.25) is 0 Å². The normalized spacial score (nSPS) is 14.2. The number of hydrogen-bond acceptors (Lipinski definition) is 6. The lowest BCUT2D eigenvalue weighted by atomic mass is 10.3. The number of ether oxygens (including phenoxy) is 1. The molecule has 1 fully saturated rings. The van der Waals surface area contributed by atoms with Crippen molar-refractivity contribution in [3.8, 4) is 12.1 Å². The predicted octanol–water partition coefficient (Wildman–Crippen LogP) is 0.384. The van der Waals surface area contributed by atoms with Crippen molar-refractivity contribution in [3.63, 3.8) is 0 Å². The summed E-state index contributed by atoms with van der Waals surface area (Å²) in [5, 5.41) is 17.7. The van der Waals surface area contributed by atoms with E-state index >= 15 is 0 Å². The van der Waals surface area contributed by atoms with Gasteiger partial charge in [0.05, 0.1) is 12.4 Å². The number of nitrogens with zero attached hydrogens (tertiary/aromatic N) is 3. The van der Waals surface area contributed by atoms with Crippen molar-refractivity contribution in [1.82, 2.24) is 4.90 Å². The fraction of sp³-hybridized carbons (Fsp3) is 0.400. The third-order valence-corrected chi connectivity index (χ3v) is 3.00. The number of nitriles is 2. The molecule has 17 heavy (non-hydrogen) atoms. The Labute approximate surface area is 102 Å². The molecule has 7 heteroatoms. The Morgan fingerprint density at radius 1 is 1.53 bits per heavy atom. The van der Waals surface area contributed by atoms with Gasteiger partial charge in [-0.1, -0.05) is 11.8 Å². The minimum absolute atomic E-state index is 0.127. The van der Waals surface area contributed by atoms with Crippen molar-refractivity contribution < 1.29 is 14.3 Å². The molecule has 88 valence electrons. The molecule has 0 saturated carbocycles. The third-order valence-electron chi connectivity index (χ3n) is 1.91. The van der Waals surface area contributed by atoms with Gasteiger partial charge in [-0.05, 0) is 6.92 Å². The Morgan fingerprint density at radius 2 is 2.18 bits per heavy atom. The molecule has 0 N–H and O–H groups in total. The average molecular weight is 251 g/mol. The van der Waals surface area contributed by atoms with Gasteiger partial charge in [0, 0.05) is 0 Å². The van der Waals surface area contributed by atoms with E-state index in [2.05, 4.69) is 0 Å². The quantitative estimate of drug-likeness (QED) is 0.531. The van der Waals surface area contributed by atoms with E-state index in [1.807, 2.05) is 0 Å². The zero-order chi connectivity index (χ0) is 12.8. The van der Waals surface area contributed by atoms with Gasteiger partial charge in [0.2, 0.25) is 5.91 Å². The number of carbonyl (C=O) groups is 2. The summed E-state index contributed by atoms with van der Waals surface area (Å²) in [5.41, 5.74) is -0.162. The Hall–Kier alpha value is -1.99. The number of esters is 1. The Balaban J connectivity index is 2.92. The van der Waals surface area contributed by atoms with E-state index in [9.17, 15) is 9.59 Å². The van der Waals surface area contributed by atoms with Gasteiger partial charge in [0.25, 0.3) is 0 Å². The first-order valence-electron chi connectivity index (χ1n) is 4.77. The molecule has 0 atom stereocenters. The van der Waals surface area contributed by atoms with Crippen LogP contribution in [-0.4, -0.2) is 35.7 Å². The summed E-state index contributed by atoms with van der Waals surface area (Å²) >= 11 is 1.08. The summed E-state index contributed by atoms with van der Waals surface area (Å²) in [5.74, 6) is -0.737. The lowest BCUT2D eigenvalue weighted by Gasteiger charge is -2.15. The average Bonchev–Trinajstić information content (AvgIpc) is 2.64. The molecular weight excluding hydrogens is 242 g/mol. The molecular formula is C10H9N3O3S. The number of thioether (sulfide) groups is 1. The van der Waals surface area contributed by atoms with Crippen molar-refractivity contribution in [1.29, 1.82) is 10.5 Å². The minimum atomic E-state index is -0.559. The van der Waals surface area contributed by atoms with Crippen LogP contribution in [-0.2, 0) is 14.3 Å². The van der Waals surface area contributed by atoms with E-state index < -0.39 is 5.97 Å². The van der Waals surface area contributed by atoms with E-state index in [0.29, 0.717) is 0 Å². The van der Waals surface area contributed by atoms with E-state index in [1.54, 1.807) is 19.1 Å². The Kier molecular flexibility index (Phi) is 4.56. The van der Waals surface area contributed by atoms with Crippen LogP contribution in [0, 0.1) is 22.7 Å². The predicted molar refractivity (Wildman–Crippen MR) is 59.1 cm³/mol. The maximum atomic E-state index is 11.5. The monoisotopic (exact) mass is 251 g/mol. The molecule has 0 radical (unpaired) electrons.